The lowest BCUT2D eigenvalue weighted by atomic mass is 10.3. The molecule has 0 aromatic carbocycles. The molecule has 6 heteroatoms. The second-order valence-corrected chi connectivity index (χ2v) is 4.97. The number of hydrogen-bond donors (Lipinski definition) is 1. The van der Waals surface area contributed by atoms with Crippen LogP contribution < -0.4 is 5.32 Å². The summed E-state index contributed by atoms with van der Waals surface area (Å²) in [5.74, 6) is 1.35. The zero-order valence-electron chi connectivity index (χ0n) is 9.82. The molecule has 0 saturated carbocycles. The van der Waals surface area contributed by atoms with Gasteiger partial charge in [-0.2, -0.15) is 0 Å². The maximum absolute atomic E-state index is 5.80. The number of nitrogens with one attached hydrogen (secondary N) is 1. The molecule has 0 aliphatic rings. The van der Waals surface area contributed by atoms with Crippen molar-refractivity contribution in [3.05, 3.63) is 34.0 Å². The van der Waals surface area contributed by atoms with Crippen molar-refractivity contribution in [2.24, 2.45) is 0 Å². The third kappa shape index (κ3) is 3.17. The molecule has 0 amide bonds. The molecule has 2 aromatic heterocycles. The Hall–Kier alpha value is -1.20. The van der Waals surface area contributed by atoms with Crippen LogP contribution in [0.15, 0.2) is 29.0 Å². The van der Waals surface area contributed by atoms with Gasteiger partial charge in [-0.05, 0) is 34.5 Å². The van der Waals surface area contributed by atoms with E-state index in [-0.39, 0.29) is 0 Å². The van der Waals surface area contributed by atoms with Gasteiger partial charge >= 0.3 is 0 Å². The van der Waals surface area contributed by atoms with E-state index in [4.69, 9.17) is 11.6 Å². The molecule has 4 nitrogen and oxygen atoms in total. The number of aromatic nitrogens is 3. The van der Waals surface area contributed by atoms with Gasteiger partial charge < -0.3 is 5.32 Å². The molecule has 94 valence electrons. The first kappa shape index (κ1) is 13.2. The van der Waals surface area contributed by atoms with E-state index in [1.54, 1.807) is 24.5 Å². The Morgan fingerprint density at radius 1 is 1.28 bits per heavy atom. The van der Waals surface area contributed by atoms with Crippen LogP contribution in [0.3, 0.4) is 0 Å². The van der Waals surface area contributed by atoms with Crippen LogP contribution in [0, 0.1) is 0 Å². The summed E-state index contributed by atoms with van der Waals surface area (Å²) in [5.41, 5.74) is 0.700. The van der Waals surface area contributed by atoms with E-state index in [2.05, 4.69) is 43.1 Å². The van der Waals surface area contributed by atoms with Gasteiger partial charge in [-0.15, -0.1) is 0 Å². The van der Waals surface area contributed by atoms with Crippen LogP contribution in [-0.4, -0.2) is 21.5 Å². The summed E-state index contributed by atoms with van der Waals surface area (Å²) in [4.78, 5) is 12.9. The summed E-state index contributed by atoms with van der Waals surface area (Å²) in [6.45, 7) is 2.97. The minimum Gasteiger partial charge on any atom is -0.369 e. The van der Waals surface area contributed by atoms with Gasteiger partial charge in [-0.25, -0.2) is 9.97 Å². The van der Waals surface area contributed by atoms with Gasteiger partial charge in [-0.1, -0.05) is 18.5 Å². The van der Waals surface area contributed by atoms with Crippen molar-refractivity contribution in [2.75, 3.05) is 11.9 Å². The largest absolute Gasteiger partial charge is 0.369 e. The second kappa shape index (κ2) is 6.11. The molecule has 0 aliphatic heterocycles. The highest BCUT2D eigenvalue weighted by atomic mass is 79.9. The van der Waals surface area contributed by atoms with Crippen molar-refractivity contribution in [3.8, 4) is 11.5 Å². The summed E-state index contributed by atoms with van der Waals surface area (Å²) < 4.78 is 0.841. The van der Waals surface area contributed by atoms with Crippen LogP contribution in [0.2, 0.25) is 5.02 Å². The predicted octanol–water partition coefficient (Wildman–Crippen LogP) is 3.78. The molecule has 0 fully saturated rings. The lowest BCUT2D eigenvalue weighted by molar-refractivity contribution is 0.962. The second-order valence-electron chi connectivity index (χ2n) is 3.68. The molecule has 0 bridgehead atoms. The molecular formula is C12H12BrClN4. The van der Waals surface area contributed by atoms with Crippen LogP contribution in [0.5, 0.6) is 0 Å². The number of pyridine rings is 1. The Morgan fingerprint density at radius 2 is 2.11 bits per heavy atom. The van der Waals surface area contributed by atoms with Gasteiger partial charge in [0, 0.05) is 18.9 Å². The first-order valence-corrected chi connectivity index (χ1v) is 6.76. The fraction of sp³-hybridized carbons (Fsp3) is 0.250. The summed E-state index contributed by atoms with van der Waals surface area (Å²) in [6, 6.07) is 3.57. The first-order chi connectivity index (χ1) is 8.70. The SMILES string of the molecule is CCCNc1nc(-c2ccc(Cl)cn2)ncc1Br. The maximum Gasteiger partial charge on any atom is 0.180 e. The number of anilines is 1. The highest BCUT2D eigenvalue weighted by Gasteiger charge is 2.07. The molecule has 0 aliphatic carbocycles. The molecule has 0 saturated heterocycles. The third-order valence-corrected chi connectivity index (χ3v) is 3.05. The minimum absolute atomic E-state index is 0.577. The van der Waals surface area contributed by atoms with E-state index < -0.39 is 0 Å². The van der Waals surface area contributed by atoms with Crippen molar-refractivity contribution >= 4 is 33.3 Å². The van der Waals surface area contributed by atoms with Crippen molar-refractivity contribution in [1.29, 1.82) is 0 Å². The summed E-state index contributed by atoms with van der Waals surface area (Å²) in [7, 11) is 0. The normalized spacial score (nSPS) is 10.4. The number of rotatable bonds is 4. The Labute approximate surface area is 119 Å². The highest BCUT2D eigenvalue weighted by molar-refractivity contribution is 9.10. The van der Waals surface area contributed by atoms with Crippen LogP contribution in [0.25, 0.3) is 11.5 Å². The monoisotopic (exact) mass is 326 g/mol. The molecule has 2 aromatic rings. The van der Waals surface area contributed by atoms with E-state index in [1.165, 1.54) is 0 Å². The van der Waals surface area contributed by atoms with E-state index in [0.29, 0.717) is 16.5 Å². The van der Waals surface area contributed by atoms with E-state index >= 15 is 0 Å². The van der Waals surface area contributed by atoms with E-state index in [0.717, 1.165) is 23.3 Å². The average molecular weight is 328 g/mol. The molecule has 2 heterocycles. The quantitative estimate of drug-likeness (QED) is 0.928. The van der Waals surface area contributed by atoms with Crippen LogP contribution in [0.1, 0.15) is 13.3 Å². The van der Waals surface area contributed by atoms with Crippen molar-refractivity contribution in [2.45, 2.75) is 13.3 Å². The smallest absolute Gasteiger partial charge is 0.180 e. The summed E-state index contributed by atoms with van der Waals surface area (Å²) in [6.07, 6.45) is 4.34. The number of nitrogens with zero attached hydrogens (tertiary/aromatic N) is 3. The molecule has 18 heavy (non-hydrogen) atoms. The topological polar surface area (TPSA) is 50.7 Å². The van der Waals surface area contributed by atoms with E-state index in [9.17, 15) is 0 Å². The van der Waals surface area contributed by atoms with Gasteiger partial charge in [0.1, 0.15) is 11.5 Å². The zero-order valence-corrected chi connectivity index (χ0v) is 12.2. The van der Waals surface area contributed by atoms with Crippen LogP contribution >= 0.6 is 27.5 Å². The number of hydrogen-bond acceptors (Lipinski definition) is 4. The van der Waals surface area contributed by atoms with E-state index in [1.807, 2.05) is 0 Å². The van der Waals surface area contributed by atoms with Crippen LogP contribution in [0.4, 0.5) is 5.82 Å². The highest BCUT2D eigenvalue weighted by Crippen LogP contribution is 2.22. The Morgan fingerprint density at radius 3 is 2.78 bits per heavy atom. The minimum atomic E-state index is 0.577. The molecule has 2 rings (SSSR count). The first-order valence-electron chi connectivity index (χ1n) is 5.59. The lowest BCUT2D eigenvalue weighted by Crippen LogP contribution is -2.04. The molecule has 0 radical (unpaired) electrons. The molecule has 0 unspecified atom stereocenters. The molecule has 1 N–H and O–H groups in total. The Kier molecular flexibility index (Phi) is 4.49. The summed E-state index contributed by atoms with van der Waals surface area (Å²) >= 11 is 9.22. The fourth-order valence-electron chi connectivity index (χ4n) is 1.37. The summed E-state index contributed by atoms with van der Waals surface area (Å²) in [5, 5.41) is 3.83. The van der Waals surface area contributed by atoms with Gasteiger partial charge in [0.05, 0.1) is 9.50 Å². The number of halogens is 2. The average Bonchev–Trinajstić information content (AvgIpc) is 2.39. The van der Waals surface area contributed by atoms with Gasteiger partial charge in [-0.3, -0.25) is 4.98 Å². The maximum atomic E-state index is 5.80. The van der Waals surface area contributed by atoms with Gasteiger partial charge in [0.2, 0.25) is 0 Å². The molecule has 0 spiro atoms. The standard InChI is InChI=1S/C12H12BrClN4/c1-2-5-15-11-9(13)7-17-12(18-11)10-4-3-8(14)6-16-10/h3-4,6-7H,2,5H2,1H3,(H,15,17,18). The van der Waals surface area contributed by atoms with Crippen molar-refractivity contribution in [3.63, 3.8) is 0 Å². The molecule has 0 atom stereocenters. The fourth-order valence-corrected chi connectivity index (χ4v) is 1.81. The van der Waals surface area contributed by atoms with Crippen molar-refractivity contribution in [1.82, 2.24) is 15.0 Å². The van der Waals surface area contributed by atoms with Gasteiger partial charge in [0.25, 0.3) is 0 Å². The third-order valence-electron chi connectivity index (χ3n) is 2.24. The van der Waals surface area contributed by atoms with Crippen LogP contribution in [-0.2, 0) is 0 Å². The zero-order chi connectivity index (χ0) is 13.0. The lowest BCUT2D eigenvalue weighted by Gasteiger charge is -2.07. The Balaban J connectivity index is 2.31. The predicted molar refractivity (Wildman–Crippen MR) is 76.8 cm³/mol. The van der Waals surface area contributed by atoms with Gasteiger partial charge in [0.15, 0.2) is 5.82 Å². The van der Waals surface area contributed by atoms with Crippen molar-refractivity contribution < 1.29 is 0 Å². The Bertz CT molecular complexity index is 530. The molecular weight excluding hydrogens is 316 g/mol.